The molecule has 0 spiro atoms. The van der Waals surface area contributed by atoms with Crippen LogP contribution in [0, 0.1) is 17.0 Å². The molecular weight excluding hydrogens is 344 g/mol. The number of nitrogens with one attached hydrogen (secondary N) is 1. The van der Waals surface area contributed by atoms with Gasteiger partial charge >= 0.3 is 0 Å². The van der Waals surface area contributed by atoms with Crippen LogP contribution >= 0.6 is 11.6 Å². The van der Waals surface area contributed by atoms with Crippen LogP contribution in [-0.4, -0.2) is 12.5 Å². The van der Waals surface area contributed by atoms with Gasteiger partial charge in [0, 0.05) is 23.0 Å². The van der Waals surface area contributed by atoms with Crippen molar-refractivity contribution in [3.63, 3.8) is 0 Å². The van der Waals surface area contributed by atoms with Gasteiger partial charge in [0.2, 0.25) is 5.91 Å². The molecule has 132 valence electrons. The van der Waals surface area contributed by atoms with E-state index in [2.05, 4.69) is 5.32 Å². The Morgan fingerprint density at radius 3 is 2.52 bits per heavy atom. The lowest BCUT2D eigenvalue weighted by molar-refractivity contribution is -0.120. The van der Waals surface area contributed by atoms with Crippen molar-refractivity contribution in [2.75, 3.05) is 6.54 Å². The number of benzene rings is 2. The van der Waals surface area contributed by atoms with E-state index in [0.29, 0.717) is 17.1 Å². The van der Waals surface area contributed by atoms with E-state index in [9.17, 15) is 13.6 Å². The SMILES string of the molecule is CC1(C)CC1(CNC(=O)Cc1cccc(Cl)c1)c1ccc(F)cc1F. The first-order valence-corrected chi connectivity index (χ1v) is 8.58. The molecule has 5 heteroatoms. The normalized spacial score (nSPS) is 21.0. The lowest BCUT2D eigenvalue weighted by Gasteiger charge is -2.22. The molecule has 0 radical (unpaired) electrons. The molecule has 0 bridgehead atoms. The quantitative estimate of drug-likeness (QED) is 0.823. The van der Waals surface area contributed by atoms with Gasteiger partial charge in [-0.1, -0.05) is 43.6 Å². The Bertz CT molecular complexity index is 821. The van der Waals surface area contributed by atoms with Crippen molar-refractivity contribution in [1.82, 2.24) is 5.32 Å². The Kier molecular flexibility index (Phi) is 4.58. The summed E-state index contributed by atoms with van der Waals surface area (Å²) in [5.74, 6) is -1.30. The molecule has 1 fully saturated rings. The Morgan fingerprint density at radius 1 is 1.20 bits per heavy atom. The number of hydrogen-bond acceptors (Lipinski definition) is 1. The van der Waals surface area contributed by atoms with Gasteiger partial charge in [-0.25, -0.2) is 8.78 Å². The molecular formula is C20H20ClF2NO. The van der Waals surface area contributed by atoms with Gasteiger partial charge in [0.1, 0.15) is 11.6 Å². The monoisotopic (exact) mass is 363 g/mol. The smallest absolute Gasteiger partial charge is 0.224 e. The van der Waals surface area contributed by atoms with Gasteiger partial charge in [-0.3, -0.25) is 4.79 Å². The predicted molar refractivity (Wildman–Crippen MR) is 94.6 cm³/mol. The van der Waals surface area contributed by atoms with E-state index in [-0.39, 0.29) is 17.7 Å². The number of halogens is 3. The first kappa shape index (κ1) is 17.9. The van der Waals surface area contributed by atoms with Crippen LogP contribution < -0.4 is 5.32 Å². The molecule has 2 aromatic rings. The first-order valence-electron chi connectivity index (χ1n) is 8.20. The molecule has 2 nitrogen and oxygen atoms in total. The molecule has 1 aliphatic rings. The topological polar surface area (TPSA) is 29.1 Å². The van der Waals surface area contributed by atoms with Crippen molar-refractivity contribution in [3.05, 3.63) is 70.2 Å². The summed E-state index contributed by atoms with van der Waals surface area (Å²) in [4.78, 5) is 12.3. The average molecular weight is 364 g/mol. The van der Waals surface area contributed by atoms with E-state index in [1.54, 1.807) is 18.2 Å². The van der Waals surface area contributed by atoms with Crippen LogP contribution in [0.15, 0.2) is 42.5 Å². The van der Waals surface area contributed by atoms with Crippen LogP contribution in [0.2, 0.25) is 5.02 Å². The van der Waals surface area contributed by atoms with Crippen molar-refractivity contribution in [2.24, 2.45) is 5.41 Å². The minimum Gasteiger partial charge on any atom is -0.355 e. The standard InChI is InChI=1S/C20H20ClF2NO/c1-19(2)11-20(19,16-7-6-15(22)10-17(16)23)12-24-18(25)9-13-4-3-5-14(21)8-13/h3-8,10H,9,11-12H2,1-2H3,(H,24,25). The largest absolute Gasteiger partial charge is 0.355 e. The van der Waals surface area contributed by atoms with Crippen molar-refractivity contribution in [2.45, 2.75) is 32.1 Å². The summed E-state index contributed by atoms with van der Waals surface area (Å²) < 4.78 is 27.5. The summed E-state index contributed by atoms with van der Waals surface area (Å²) in [5, 5.41) is 3.49. The zero-order chi connectivity index (χ0) is 18.2. The van der Waals surface area contributed by atoms with E-state index in [0.717, 1.165) is 18.1 Å². The Balaban J connectivity index is 1.72. The third kappa shape index (κ3) is 3.54. The van der Waals surface area contributed by atoms with E-state index < -0.39 is 17.0 Å². The summed E-state index contributed by atoms with van der Waals surface area (Å²) in [6.07, 6.45) is 0.947. The molecule has 3 rings (SSSR count). The zero-order valence-corrected chi connectivity index (χ0v) is 15.0. The van der Waals surface area contributed by atoms with Crippen LogP contribution in [0.5, 0.6) is 0 Å². The molecule has 25 heavy (non-hydrogen) atoms. The van der Waals surface area contributed by atoms with Gasteiger partial charge < -0.3 is 5.32 Å². The van der Waals surface area contributed by atoms with Gasteiger partial charge in [-0.2, -0.15) is 0 Å². The third-order valence-corrected chi connectivity index (χ3v) is 5.44. The summed E-state index contributed by atoms with van der Waals surface area (Å²) >= 11 is 5.93. The Labute approximate surface area is 151 Å². The first-order chi connectivity index (χ1) is 11.7. The fraction of sp³-hybridized carbons (Fsp3) is 0.350. The van der Waals surface area contributed by atoms with E-state index in [1.165, 1.54) is 12.1 Å². The Morgan fingerprint density at radius 2 is 1.92 bits per heavy atom. The highest BCUT2D eigenvalue weighted by Crippen LogP contribution is 2.64. The number of rotatable bonds is 5. The zero-order valence-electron chi connectivity index (χ0n) is 14.2. The minimum absolute atomic E-state index is 0.146. The van der Waals surface area contributed by atoms with Crippen molar-refractivity contribution in [1.29, 1.82) is 0 Å². The highest BCUT2D eigenvalue weighted by molar-refractivity contribution is 6.30. The third-order valence-electron chi connectivity index (χ3n) is 5.20. The highest BCUT2D eigenvalue weighted by atomic mass is 35.5. The number of hydrogen-bond donors (Lipinski definition) is 1. The lowest BCUT2D eigenvalue weighted by atomic mass is 9.87. The van der Waals surface area contributed by atoms with Crippen molar-refractivity contribution < 1.29 is 13.6 Å². The number of carbonyl (C=O) groups excluding carboxylic acids is 1. The lowest BCUT2D eigenvalue weighted by Crippen LogP contribution is -2.36. The second-order valence-electron chi connectivity index (χ2n) is 7.35. The summed E-state index contributed by atoms with van der Waals surface area (Å²) in [5.41, 5.74) is 0.619. The average Bonchev–Trinajstić information content (AvgIpc) is 3.07. The molecule has 1 unspecified atom stereocenters. The second-order valence-corrected chi connectivity index (χ2v) is 7.79. The van der Waals surface area contributed by atoms with E-state index in [4.69, 9.17) is 11.6 Å². The molecule has 1 N–H and O–H groups in total. The van der Waals surface area contributed by atoms with Crippen LogP contribution in [0.3, 0.4) is 0 Å². The van der Waals surface area contributed by atoms with Crippen molar-refractivity contribution >= 4 is 17.5 Å². The maximum absolute atomic E-state index is 14.3. The predicted octanol–water partition coefficient (Wildman–Crippen LogP) is 4.64. The maximum atomic E-state index is 14.3. The van der Waals surface area contributed by atoms with Crippen molar-refractivity contribution in [3.8, 4) is 0 Å². The summed E-state index contributed by atoms with van der Waals surface area (Å²) in [6.45, 7) is 4.37. The number of amides is 1. The molecule has 1 atom stereocenters. The molecule has 2 aromatic carbocycles. The molecule has 1 amide bonds. The van der Waals surface area contributed by atoms with Gasteiger partial charge in [-0.15, -0.1) is 0 Å². The summed E-state index contributed by atoms with van der Waals surface area (Å²) in [6, 6.07) is 10.8. The molecule has 0 saturated heterocycles. The van der Waals surface area contributed by atoms with Gasteiger partial charge in [-0.05, 0) is 41.2 Å². The maximum Gasteiger partial charge on any atom is 0.224 e. The van der Waals surface area contributed by atoms with Gasteiger partial charge in [0.15, 0.2) is 0 Å². The van der Waals surface area contributed by atoms with E-state index in [1.807, 2.05) is 19.9 Å². The molecule has 1 saturated carbocycles. The van der Waals surface area contributed by atoms with Gasteiger partial charge in [0.05, 0.1) is 6.42 Å². The van der Waals surface area contributed by atoms with Crippen LogP contribution in [-0.2, 0) is 16.6 Å². The van der Waals surface area contributed by atoms with Crippen LogP contribution in [0.1, 0.15) is 31.4 Å². The van der Waals surface area contributed by atoms with Gasteiger partial charge in [0.25, 0.3) is 0 Å². The van der Waals surface area contributed by atoms with E-state index >= 15 is 0 Å². The molecule has 0 aliphatic heterocycles. The molecule has 1 aliphatic carbocycles. The van der Waals surface area contributed by atoms with Crippen LogP contribution in [0.4, 0.5) is 8.78 Å². The highest BCUT2D eigenvalue weighted by Gasteiger charge is 2.62. The molecule has 0 aromatic heterocycles. The number of carbonyl (C=O) groups is 1. The fourth-order valence-electron chi connectivity index (χ4n) is 3.59. The van der Waals surface area contributed by atoms with Crippen LogP contribution in [0.25, 0.3) is 0 Å². The molecule has 0 heterocycles. The minimum atomic E-state index is -0.597. The summed E-state index contributed by atoms with van der Waals surface area (Å²) in [7, 11) is 0. The fourth-order valence-corrected chi connectivity index (χ4v) is 3.80. The second kappa shape index (κ2) is 6.41. The Hall–Kier alpha value is -1.94.